The van der Waals surface area contributed by atoms with Gasteiger partial charge < -0.3 is 9.64 Å². The first-order valence-corrected chi connectivity index (χ1v) is 13.9. The molecule has 9 heteroatoms. The molecule has 0 saturated carbocycles. The number of fused-ring (bicyclic) bond motifs is 1. The van der Waals surface area contributed by atoms with E-state index in [2.05, 4.69) is 45.9 Å². The number of aryl methyl sites for hydroxylation is 1. The molecule has 0 radical (unpaired) electrons. The molecule has 2 aromatic carbocycles. The average Bonchev–Trinajstić information content (AvgIpc) is 3.22. The SMILES string of the molecule is Cc1cccc(C2SCC(=O)N(CC(=O)N3CCOCC3)c3c2c(C(C)(C)C)nn3-c2ccc(F)cc2)c1. The summed E-state index contributed by atoms with van der Waals surface area (Å²) in [6.45, 7) is 10.2. The van der Waals surface area contributed by atoms with E-state index in [4.69, 9.17) is 9.84 Å². The molecule has 0 aliphatic carbocycles. The van der Waals surface area contributed by atoms with Gasteiger partial charge in [-0.15, -0.1) is 11.8 Å². The highest BCUT2D eigenvalue weighted by atomic mass is 32.2. The summed E-state index contributed by atoms with van der Waals surface area (Å²) in [4.78, 5) is 30.5. The lowest BCUT2D eigenvalue weighted by Crippen LogP contribution is -2.48. The van der Waals surface area contributed by atoms with Gasteiger partial charge in [0.25, 0.3) is 0 Å². The molecule has 3 heterocycles. The van der Waals surface area contributed by atoms with Crippen LogP contribution < -0.4 is 4.90 Å². The second kappa shape index (κ2) is 10.5. The predicted octanol–water partition coefficient (Wildman–Crippen LogP) is 4.65. The summed E-state index contributed by atoms with van der Waals surface area (Å²) in [6.07, 6.45) is 0. The number of morpholine rings is 1. The van der Waals surface area contributed by atoms with Crippen LogP contribution in [-0.4, -0.2) is 65.1 Å². The van der Waals surface area contributed by atoms with Crippen molar-refractivity contribution in [3.8, 4) is 5.69 Å². The third-order valence-corrected chi connectivity index (χ3v) is 8.13. The minimum atomic E-state index is -0.356. The molecule has 1 unspecified atom stereocenters. The Labute approximate surface area is 226 Å². The van der Waals surface area contributed by atoms with E-state index in [-0.39, 0.29) is 40.6 Å². The fourth-order valence-electron chi connectivity index (χ4n) is 4.98. The van der Waals surface area contributed by atoms with Crippen molar-refractivity contribution in [2.24, 2.45) is 0 Å². The minimum Gasteiger partial charge on any atom is -0.378 e. The molecule has 38 heavy (non-hydrogen) atoms. The number of benzene rings is 2. The fourth-order valence-corrected chi connectivity index (χ4v) is 6.17. The van der Waals surface area contributed by atoms with E-state index in [1.54, 1.807) is 38.4 Å². The quantitative estimate of drug-likeness (QED) is 0.486. The van der Waals surface area contributed by atoms with Crippen molar-refractivity contribution >= 4 is 29.4 Å². The van der Waals surface area contributed by atoms with Gasteiger partial charge in [-0.3, -0.25) is 14.5 Å². The number of carbonyl (C=O) groups is 2. The van der Waals surface area contributed by atoms with Crippen LogP contribution in [0.1, 0.15) is 48.4 Å². The lowest BCUT2D eigenvalue weighted by atomic mass is 9.87. The fraction of sp³-hybridized carbons (Fsp3) is 0.414. The predicted molar refractivity (Wildman–Crippen MR) is 147 cm³/mol. The van der Waals surface area contributed by atoms with E-state index < -0.39 is 0 Å². The van der Waals surface area contributed by atoms with Crippen LogP contribution in [0, 0.1) is 12.7 Å². The van der Waals surface area contributed by atoms with Crippen LogP contribution in [-0.2, 0) is 19.7 Å². The zero-order valence-corrected chi connectivity index (χ0v) is 23.1. The van der Waals surface area contributed by atoms with Crippen molar-refractivity contribution in [1.29, 1.82) is 0 Å². The number of thioether (sulfide) groups is 1. The summed E-state index contributed by atoms with van der Waals surface area (Å²) >= 11 is 1.55. The number of amides is 2. The van der Waals surface area contributed by atoms with Gasteiger partial charge in [0.2, 0.25) is 11.8 Å². The number of carbonyl (C=O) groups excluding carboxylic acids is 2. The van der Waals surface area contributed by atoms with E-state index in [1.807, 2.05) is 6.07 Å². The maximum absolute atomic E-state index is 13.9. The number of hydrogen-bond acceptors (Lipinski definition) is 5. The number of aromatic nitrogens is 2. The van der Waals surface area contributed by atoms with Crippen LogP contribution in [0.2, 0.25) is 0 Å². The molecule has 0 spiro atoms. The first kappa shape index (κ1) is 26.4. The third-order valence-electron chi connectivity index (χ3n) is 6.87. The second-order valence-corrected chi connectivity index (χ2v) is 11.9. The molecular formula is C29H33FN4O3S. The molecule has 2 aliphatic rings. The Morgan fingerprint density at radius 1 is 1.13 bits per heavy atom. The standard InChI is InChI=1S/C29H33FN4O3S/c1-19-6-5-7-20(16-19)26-25-27(29(2,3)4)31-34(22-10-8-21(30)9-11-22)28(25)33(24(36)18-38-26)17-23(35)32-12-14-37-15-13-32/h5-11,16,26H,12-15,17-18H2,1-4H3. The molecule has 2 amide bonds. The van der Waals surface area contributed by atoms with Gasteiger partial charge in [0.05, 0.1) is 35.6 Å². The van der Waals surface area contributed by atoms with Crippen LogP contribution in [0.4, 0.5) is 10.2 Å². The lowest BCUT2D eigenvalue weighted by molar-refractivity contribution is -0.134. The van der Waals surface area contributed by atoms with E-state index in [0.717, 1.165) is 22.4 Å². The Morgan fingerprint density at radius 2 is 1.84 bits per heavy atom. The van der Waals surface area contributed by atoms with Crippen LogP contribution >= 0.6 is 11.8 Å². The molecule has 5 rings (SSSR count). The van der Waals surface area contributed by atoms with Gasteiger partial charge in [-0.25, -0.2) is 9.07 Å². The van der Waals surface area contributed by atoms with Gasteiger partial charge in [0.15, 0.2) is 0 Å². The van der Waals surface area contributed by atoms with Crippen molar-refractivity contribution in [3.05, 3.63) is 76.7 Å². The summed E-state index contributed by atoms with van der Waals surface area (Å²) in [7, 11) is 0. The minimum absolute atomic E-state index is 0.0938. The van der Waals surface area contributed by atoms with Crippen molar-refractivity contribution < 1.29 is 18.7 Å². The van der Waals surface area contributed by atoms with Crippen LogP contribution in [0.5, 0.6) is 0 Å². The van der Waals surface area contributed by atoms with Gasteiger partial charge in [0.1, 0.15) is 18.2 Å². The molecule has 2 aliphatic heterocycles. The molecule has 1 atom stereocenters. The van der Waals surface area contributed by atoms with Gasteiger partial charge in [-0.05, 0) is 36.8 Å². The molecule has 200 valence electrons. The number of hydrogen-bond donors (Lipinski definition) is 0. The molecule has 1 saturated heterocycles. The largest absolute Gasteiger partial charge is 0.378 e. The summed E-state index contributed by atoms with van der Waals surface area (Å²) in [5.74, 6) is 0.153. The zero-order valence-electron chi connectivity index (χ0n) is 22.2. The molecule has 0 N–H and O–H groups in total. The number of anilines is 1. The van der Waals surface area contributed by atoms with Gasteiger partial charge in [0, 0.05) is 24.1 Å². The topological polar surface area (TPSA) is 67.7 Å². The van der Waals surface area contributed by atoms with E-state index >= 15 is 0 Å². The van der Waals surface area contributed by atoms with Crippen molar-refractivity contribution in [2.45, 2.75) is 38.4 Å². The highest BCUT2D eigenvalue weighted by molar-refractivity contribution is 8.00. The van der Waals surface area contributed by atoms with Gasteiger partial charge in [-0.2, -0.15) is 5.10 Å². The molecule has 0 bridgehead atoms. The lowest BCUT2D eigenvalue weighted by Gasteiger charge is -2.30. The maximum atomic E-state index is 13.9. The maximum Gasteiger partial charge on any atom is 0.242 e. The Bertz CT molecular complexity index is 1340. The number of ether oxygens (including phenoxy) is 1. The van der Waals surface area contributed by atoms with Gasteiger partial charge >= 0.3 is 0 Å². The molecule has 3 aromatic rings. The van der Waals surface area contributed by atoms with Crippen LogP contribution in [0.25, 0.3) is 5.69 Å². The first-order chi connectivity index (χ1) is 18.1. The highest BCUT2D eigenvalue weighted by Gasteiger charge is 2.40. The monoisotopic (exact) mass is 536 g/mol. The third kappa shape index (κ3) is 5.22. The summed E-state index contributed by atoms with van der Waals surface area (Å²) in [5.41, 5.74) is 4.24. The second-order valence-electron chi connectivity index (χ2n) is 10.8. The Hall–Kier alpha value is -3.17. The van der Waals surface area contributed by atoms with Crippen LogP contribution in [0.15, 0.2) is 48.5 Å². The van der Waals surface area contributed by atoms with E-state index in [0.29, 0.717) is 37.8 Å². The van der Waals surface area contributed by atoms with E-state index in [1.165, 1.54) is 12.1 Å². The average molecular weight is 537 g/mol. The molecule has 7 nitrogen and oxygen atoms in total. The number of halogens is 1. The Kier molecular flexibility index (Phi) is 7.33. The summed E-state index contributed by atoms with van der Waals surface area (Å²) in [5, 5.41) is 4.88. The van der Waals surface area contributed by atoms with Crippen molar-refractivity contribution in [3.63, 3.8) is 0 Å². The zero-order chi connectivity index (χ0) is 27.0. The number of nitrogens with zero attached hydrogens (tertiary/aromatic N) is 4. The Morgan fingerprint density at radius 3 is 2.50 bits per heavy atom. The first-order valence-electron chi connectivity index (χ1n) is 12.9. The Balaban J connectivity index is 1.73. The smallest absolute Gasteiger partial charge is 0.242 e. The normalized spacial score (nSPS) is 18.3. The van der Waals surface area contributed by atoms with Gasteiger partial charge in [-0.1, -0.05) is 50.6 Å². The number of rotatable bonds is 4. The van der Waals surface area contributed by atoms with E-state index in [9.17, 15) is 14.0 Å². The molecule has 1 fully saturated rings. The summed E-state index contributed by atoms with van der Waals surface area (Å²) < 4.78 is 21.0. The highest BCUT2D eigenvalue weighted by Crippen LogP contribution is 2.48. The van der Waals surface area contributed by atoms with Crippen LogP contribution in [0.3, 0.4) is 0 Å². The molecule has 1 aromatic heterocycles. The van der Waals surface area contributed by atoms with Crippen molar-refractivity contribution in [1.82, 2.24) is 14.7 Å². The molecular weight excluding hydrogens is 503 g/mol. The van der Waals surface area contributed by atoms with Crippen molar-refractivity contribution in [2.75, 3.05) is 43.5 Å². The summed E-state index contributed by atoms with van der Waals surface area (Å²) in [6, 6.07) is 14.4.